The van der Waals surface area contributed by atoms with E-state index in [-0.39, 0.29) is 11.7 Å². The van der Waals surface area contributed by atoms with Gasteiger partial charge in [-0.15, -0.1) is 0 Å². The molecular formula is C9H10N2O3. The van der Waals surface area contributed by atoms with Gasteiger partial charge < -0.3 is 10.5 Å². The zero-order valence-electron chi connectivity index (χ0n) is 7.69. The molecular weight excluding hydrogens is 184 g/mol. The molecule has 1 aliphatic heterocycles. The Morgan fingerprint density at radius 1 is 1.64 bits per heavy atom. The standard InChI is InChI=1S/C9H10N2O3/c1-5-2-6-7(10)4-14-9(6)3-8(5)11(12)13/h2-3,7H,4,10H2,1H3. The van der Waals surface area contributed by atoms with E-state index < -0.39 is 4.92 Å². The SMILES string of the molecule is Cc1cc2c(cc1[N+](=O)[O-])OCC2N. The van der Waals surface area contributed by atoms with Crippen molar-refractivity contribution in [2.24, 2.45) is 5.73 Å². The summed E-state index contributed by atoms with van der Waals surface area (Å²) in [5, 5.41) is 10.6. The fourth-order valence-electron chi connectivity index (χ4n) is 1.58. The highest BCUT2D eigenvalue weighted by Gasteiger charge is 2.25. The van der Waals surface area contributed by atoms with E-state index in [4.69, 9.17) is 10.5 Å². The smallest absolute Gasteiger partial charge is 0.276 e. The van der Waals surface area contributed by atoms with Crippen molar-refractivity contribution in [3.05, 3.63) is 33.4 Å². The second-order valence-corrected chi connectivity index (χ2v) is 3.35. The van der Waals surface area contributed by atoms with Crippen LogP contribution >= 0.6 is 0 Å². The van der Waals surface area contributed by atoms with Crippen LogP contribution in [0.15, 0.2) is 12.1 Å². The van der Waals surface area contributed by atoms with Crippen LogP contribution in [0.2, 0.25) is 0 Å². The lowest BCUT2D eigenvalue weighted by molar-refractivity contribution is -0.385. The van der Waals surface area contributed by atoms with Gasteiger partial charge in [-0.25, -0.2) is 0 Å². The quantitative estimate of drug-likeness (QED) is 0.539. The largest absolute Gasteiger partial charge is 0.491 e. The molecule has 0 amide bonds. The Kier molecular flexibility index (Phi) is 1.89. The van der Waals surface area contributed by atoms with Crippen molar-refractivity contribution in [3.8, 4) is 5.75 Å². The molecule has 1 aromatic rings. The molecule has 0 fully saturated rings. The van der Waals surface area contributed by atoms with Gasteiger partial charge in [0.15, 0.2) is 0 Å². The monoisotopic (exact) mass is 194 g/mol. The molecule has 0 aliphatic carbocycles. The molecule has 2 rings (SSSR count). The van der Waals surface area contributed by atoms with Gasteiger partial charge in [-0.2, -0.15) is 0 Å². The summed E-state index contributed by atoms with van der Waals surface area (Å²) in [4.78, 5) is 10.2. The zero-order valence-corrected chi connectivity index (χ0v) is 7.69. The van der Waals surface area contributed by atoms with Gasteiger partial charge in [0.2, 0.25) is 0 Å². The molecule has 1 heterocycles. The minimum Gasteiger partial charge on any atom is -0.491 e. The summed E-state index contributed by atoms with van der Waals surface area (Å²) in [5.41, 5.74) is 7.30. The highest BCUT2D eigenvalue weighted by atomic mass is 16.6. The second kappa shape index (κ2) is 2.95. The van der Waals surface area contributed by atoms with Gasteiger partial charge in [0.25, 0.3) is 5.69 Å². The average Bonchev–Trinajstić information content (AvgIpc) is 2.46. The van der Waals surface area contributed by atoms with E-state index in [2.05, 4.69) is 0 Å². The molecule has 5 heteroatoms. The number of benzene rings is 1. The summed E-state index contributed by atoms with van der Waals surface area (Å²) in [7, 11) is 0. The summed E-state index contributed by atoms with van der Waals surface area (Å²) < 4.78 is 5.23. The molecule has 74 valence electrons. The van der Waals surface area contributed by atoms with Gasteiger partial charge in [-0.1, -0.05) is 0 Å². The van der Waals surface area contributed by atoms with E-state index >= 15 is 0 Å². The molecule has 1 aromatic carbocycles. The van der Waals surface area contributed by atoms with Crippen LogP contribution in [0.1, 0.15) is 17.2 Å². The van der Waals surface area contributed by atoms with Crippen LogP contribution in [0.3, 0.4) is 0 Å². The maximum absolute atomic E-state index is 10.6. The van der Waals surface area contributed by atoms with Crippen molar-refractivity contribution in [3.63, 3.8) is 0 Å². The second-order valence-electron chi connectivity index (χ2n) is 3.35. The number of nitrogens with two attached hydrogens (primary N) is 1. The number of hydrogen-bond donors (Lipinski definition) is 1. The molecule has 14 heavy (non-hydrogen) atoms. The highest BCUT2D eigenvalue weighted by Crippen LogP contribution is 2.35. The molecule has 1 atom stereocenters. The number of rotatable bonds is 1. The van der Waals surface area contributed by atoms with Crippen LogP contribution in [-0.4, -0.2) is 11.5 Å². The Balaban J connectivity index is 2.55. The van der Waals surface area contributed by atoms with E-state index in [1.165, 1.54) is 6.07 Å². The van der Waals surface area contributed by atoms with E-state index in [0.717, 1.165) is 5.56 Å². The fourth-order valence-corrected chi connectivity index (χ4v) is 1.58. The van der Waals surface area contributed by atoms with E-state index in [9.17, 15) is 10.1 Å². The van der Waals surface area contributed by atoms with E-state index in [1.807, 2.05) is 0 Å². The van der Waals surface area contributed by atoms with E-state index in [1.54, 1.807) is 13.0 Å². The van der Waals surface area contributed by atoms with Crippen LogP contribution in [0.4, 0.5) is 5.69 Å². The molecule has 0 bridgehead atoms. The maximum Gasteiger partial charge on any atom is 0.276 e. The van der Waals surface area contributed by atoms with Crippen molar-refractivity contribution in [2.75, 3.05) is 6.61 Å². The van der Waals surface area contributed by atoms with Crippen molar-refractivity contribution < 1.29 is 9.66 Å². The third-order valence-corrected chi connectivity index (χ3v) is 2.34. The first kappa shape index (κ1) is 8.96. The number of nitro groups is 1. The van der Waals surface area contributed by atoms with Crippen LogP contribution in [0.25, 0.3) is 0 Å². The first-order valence-corrected chi connectivity index (χ1v) is 4.27. The Hall–Kier alpha value is -1.62. The van der Waals surface area contributed by atoms with Gasteiger partial charge in [-0.05, 0) is 13.0 Å². The highest BCUT2D eigenvalue weighted by molar-refractivity contribution is 5.52. The number of nitrogens with zero attached hydrogens (tertiary/aromatic N) is 1. The predicted molar refractivity (Wildman–Crippen MR) is 50.3 cm³/mol. The van der Waals surface area contributed by atoms with Gasteiger partial charge in [0.05, 0.1) is 17.0 Å². The summed E-state index contributed by atoms with van der Waals surface area (Å²) in [6.07, 6.45) is 0. The molecule has 0 radical (unpaired) electrons. The topological polar surface area (TPSA) is 78.4 Å². The molecule has 0 spiro atoms. The number of nitro benzene ring substituents is 1. The van der Waals surface area contributed by atoms with Crippen molar-refractivity contribution >= 4 is 5.69 Å². The molecule has 0 saturated carbocycles. The van der Waals surface area contributed by atoms with Crippen molar-refractivity contribution in [1.29, 1.82) is 0 Å². The van der Waals surface area contributed by atoms with Gasteiger partial charge >= 0.3 is 0 Å². The van der Waals surface area contributed by atoms with Crippen molar-refractivity contribution in [1.82, 2.24) is 0 Å². The number of fused-ring (bicyclic) bond motifs is 1. The lowest BCUT2D eigenvalue weighted by Gasteiger charge is -2.02. The summed E-state index contributed by atoms with van der Waals surface area (Å²) >= 11 is 0. The molecule has 5 nitrogen and oxygen atoms in total. The lowest BCUT2D eigenvalue weighted by Crippen LogP contribution is -2.10. The first-order chi connectivity index (χ1) is 6.59. The van der Waals surface area contributed by atoms with Crippen LogP contribution in [0, 0.1) is 17.0 Å². The van der Waals surface area contributed by atoms with Gasteiger partial charge in [0.1, 0.15) is 12.4 Å². The predicted octanol–water partition coefficient (Wildman–Crippen LogP) is 1.30. The Labute approximate surface area is 80.6 Å². The first-order valence-electron chi connectivity index (χ1n) is 4.27. The third-order valence-electron chi connectivity index (χ3n) is 2.34. The molecule has 0 saturated heterocycles. The summed E-state index contributed by atoms with van der Waals surface area (Å²) in [5.74, 6) is 0.537. The Morgan fingerprint density at radius 2 is 2.36 bits per heavy atom. The molecule has 1 unspecified atom stereocenters. The average molecular weight is 194 g/mol. The third kappa shape index (κ3) is 1.22. The van der Waals surface area contributed by atoms with Crippen LogP contribution < -0.4 is 10.5 Å². The number of aryl methyl sites for hydroxylation is 1. The molecule has 2 N–H and O–H groups in total. The Bertz CT molecular complexity index is 403. The van der Waals surface area contributed by atoms with Gasteiger partial charge in [-0.3, -0.25) is 10.1 Å². The zero-order chi connectivity index (χ0) is 10.3. The number of hydrogen-bond acceptors (Lipinski definition) is 4. The van der Waals surface area contributed by atoms with Crippen LogP contribution in [0.5, 0.6) is 5.75 Å². The normalized spacial score (nSPS) is 18.9. The maximum atomic E-state index is 10.6. The van der Waals surface area contributed by atoms with Crippen LogP contribution in [-0.2, 0) is 0 Å². The number of ether oxygens (including phenoxy) is 1. The summed E-state index contributed by atoms with van der Waals surface area (Å²) in [6, 6.07) is 3.01. The van der Waals surface area contributed by atoms with Gasteiger partial charge in [0, 0.05) is 11.1 Å². The Morgan fingerprint density at radius 3 is 3.00 bits per heavy atom. The van der Waals surface area contributed by atoms with Crippen molar-refractivity contribution in [2.45, 2.75) is 13.0 Å². The lowest BCUT2D eigenvalue weighted by atomic mass is 10.1. The minimum absolute atomic E-state index is 0.0813. The van der Waals surface area contributed by atoms with E-state index in [0.29, 0.717) is 17.9 Å². The fraction of sp³-hybridized carbons (Fsp3) is 0.333. The summed E-state index contributed by atoms with van der Waals surface area (Å²) in [6.45, 7) is 2.10. The molecule has 0 aromatic heterocycles. The molecule has 1 aliphatic rings. The minimum atomic E-state index is -0.414.